The van der Waals surface area contributed by atoms with Crippen molar-refractivity contribution >= 4 is 11.9 Å². The smallest absolute Gasteiger partial charge is 0.241 e. The summed E-state index contributed by atoms with van der Waals surface area (Å²) in [5.41, 5.74) is 0. The van der Waals surface area contributed by atoms with Crippen molar-refractivity contribution in [3.63, 3.8) is 0 Å². The first-order valence-corrected chi connectivity index (χ1v) is 7.48. The van der Waals surface area contributed by atoms with E-state index in [-0.39, 0.29) is 0 Å². The van der Waals surface area contributed by atoms with Gasteiger partial charge in [-0.25, -0.2) is 4.98 Å². The van der Waals surface area contributed by atoms with Crippen LogP contribution in [0.1, 0.15) is 33.6 Å². The Morgan fingerprint density at radius 3 is 2.33 bits per heavy atom. The van der Waals surface area contributed by atoms with Crippen LogP contribution in [0.2, 0.25) is 0 Å². The van der Waals surface area contributed by atoms with Gasteiger partial charge in [0.25, 0.3) is 0 Å². The number of nitrogens with one attached hydrogen (secondary N) is 2. The lowest BCUT2D eigenvalue weighted by atomic mass is 10.0. The minimum atomic E-state index is 0.561. The lowest BCUT2D eigenvalue weighted by Crippen LogP contribution is -2.17. The van der Waals surface area contributed by atoms with E-state index in [9.17, 15) is 0 Å². The topological polar surface area (TPSA) is 80.5 Å². The lowest BCUT2D eigenvalue weighted by Gasteiger charge is -2.14. The zero-order chi connectivity index (χ0) is 15.1. The highest BCUT2D eigenvalue weighted by molar-refractivity contribution is 5.37. The van der Waals surface area contributed by atoms with Crippen molar-refractivity contribution in [3.8, 4) is 5.95 Å². The van der Waals surface area contributed by atoms with Gasteiger partial charge in [0, 0.05) is 25.5 Å². The molecule has 2 aromatic rings. The Kier molecular flexibility index (Phi) is 5.48. The highest BCUT2D eigenvalue weighted by Crippen LogP contribution is 2.12. The van der Waals surface area contributed by atoms with Crippen molar-refractivity contribution in [3.05, 3.63) is 18.7 Å². The van der Waals surface area contributed by atoms with E-state index >= 15 is 0 Å². The van der Waals surface area contributed by atoms with Gasteiger partial charge >= 0.3 is 0 Å². The van der Waals surface area contributed by atoms with Crippen LogP contribution in [0.25, 0.3) is 5.95 Å². The minimum Gasteiger partial charge on any atom is -0.354 e. The Bertz CT molecular complexity index is 534. The van der Waals surface area contributed by atoms with Crippen molar-refractivity contribution < 1.29 is 0 Å². The van der Waals surface area contributed by atoms with E-state index in [0.29, 0.717) is 23.8 Å². The van der Waals surface area contributed by atoms with Gasteiger partial charge in [-0.2, -0.15) is 15.0 Å². The largest absolute Gasteiger partial charge is 0.354 e. The molecular weight excluding hydrogens is 266 g/mol. The standard InChI is InChI=1S/C14H23N7/c1-4-11(5-2)9-17-13-18-12(16-6-3)19-14(20-13)21-8-7-15-10-21/h7-8,10-11H,4-6,9H2,1-3H3,(H2,16,17,18,19,20). The van der Waals surface area contributed by atoms with Crippen molar-refractivity contribution in [2.75, 3.05) is 23.7 Å². The van der Waals surface area contributed by atoms with E-state index in [4.69, 9.17) is 0 Å². The van der Waals surface area contributed by atoms with Crippen molar-refractivity contribution in [2.24, 2.45) is 5.92 Å². The van der Waals surface area contributed by atoms with Crippen LogP contribution in [0.3, 0.4) is 0 Å². The Balaban J connectivity index is 2.19. The second kappa shape index (κ2) is 7.56. The predicted octanol–water partition coefficient (Wildman–Crippen LogP) is 2.34. The van der Waals surface area contributed by atoms with Gasteiger partial charge in [0.15, 0.2) is 0 Å². The molecule has 0 bridgehead atoms. The molecule has 0 saturated carbocycles. The second-order valence-electron chi connectivity index (χ2n) is 4.85. The van der Waals surface area contributed by atoms with Gasteiger partial charge in [-0.15, -0.1) is 0 Å². The molecule has 0 saturated heterocycles. The van der Waals surface area contributed by atoms with E-state index in [1.54, 1.807) is 17.1 Å². The van der Waals surface area contributed by atoms with Crippen molar-refractivity contribution in [2.45, 2.75) is 33.6 Å². The summed E-state index contributed by atoms with van der Waals surface area (Å²) in [4.78, 5) is 17.3. The first-order chi connectivity index (χ1) is 10.3. The zero-order valence-corrected chi connectivity index (χ0v) is 12.9. The maximum atomic E-state index is 4.45. The molecule has 2 rings (SSSR count). The van der Waals surface area contributed by atoms with E-state index in [0.717, 1.165) is 25.9 Å². The maximum absolute atomic E-state index is 4.45. The average molecular weight is 289 g/mol. The number of aromatic nitrogens is 5. The Morgan fingerprint density at radius 2 is 1.76 bits per heavy atom. The van der Waals surface area contributed by atoms with Crippen LogP contribution >= 0.6 is 0 Å². The normalized spacial score (nSPS) is 10.9. The molecule has 21 heavy (non-hydrogen) atoms. The molecule has 0 aliphatic heterocycles. The number of hydrogen-bond donors (Lipinski definition) is 2. The van der Waals surface area contributed by atoms with Gasteiger partial charge < -0.3 is 10.6 Å². The second-order valence-corrected chi connectivity index (χ2v) is 4.85. The van der Waals surface area contributed by atoms with Crippen LogP contribution in [0.5, 0.6) is 0 Å². The molecule has 0 radical (unpaired) electrons. The lowest BCUT2D eigenvalue weighted by molar-refractivity contribution is 0.517. The Morgan fingerprint density at radius 1 is 1.05 bits per heavy atom. The predicted molar refractivity (Wildman–Crippen MR) is 83.7 cm³/mol. The molecule has 0 aliphatic rings. The summed E-state index contributed by atoms with van der Waals surface area (Å²) in [5, 5.41) is 6.44. The van der Waals surface area contributed by atoms with E-state index in [2.05, 4.69) is 44.4 Å². The zero-order valence-electron chi connectivity index (χ0n) is 12.9. The number of anilines is 2. The monoisotopic (exact) mass is 289 g/mol. The first-order valence-electron chi connectivity index (χ1n) is 7.48. The molecule has 0 aliphatic carbocycles. The SMILES string of the molecule is CCNc1nc(NCC(CC)CC)nc(-n2ccnc2)n1. The van der Waals surface area contributed by atoms with Crippen LogP contribution in [0.15, 0.2) is 18.7 Å². The Labute approximate surface area is 125 Å². The molecule has 2 heterocycles. The molecule has 0 fully saturated rings. The molecule has 0 unspecified atom stereocenters. The highest BCUT2D eigenvalue weighted by Gasteiger charge is 2.09. The van der Waals surface area contributed by atoms with Gasteiger partial charge in [-0.1, -0.05) is 26.7 Å². The minimum absolute atomic E-state index is 0.561. The quantitative estimate of drug-likeness (QED) is 0.776. The first kappa shape index (κ1) is 15.2. The fraction of sp³-hybridized carbons (Fsp3) is 0.571. The summed E-state index contributed by atoms with van der Waals surface area (Å²) < 4.78 is 1.77. The summed E-state index contributed by atoms with van der Waals surface area (Å²) in [5.74, 6) is 2.35. The fourth-order valence-corrected chi connectivity index (χ4v) is 1.99. The maximum Gasteiger partial charge on any atom is 0.241 e. The molecule has 7 heteroatoms. The summed E-state index contributed by atoms with van der Waals surface area (Å²) in [6.07, 6.45) is 7.48. The summed E-state index contributed by atoms with van der Waals surface area (Å²) in [7, 11) is 0. The molecule has 0 amide bonds. The molecular formula is C14H23N7. The molecule has 114 valence electrons. The summed E-state index contributed by atoms with van der Waals surface area (Å²) in [6.45, 7) is 8.04. The van der Waals surface area contributed by atoms with Gasteiger partial charge in [0.1, 0.15) is 6.33 Å². The van der Waals surface area contributed by atoms with Crippen molar-refractivity contribution in [1.29, 1.82) is 0 Å². The Hall–Kier alpha value is -2.18. The number of imidazole rings is 1. The van der Waals surface area contributed by atoms with Crippen LogP contribution in [-0.2, 0) is 0 Å². The molecule has 0 aromatic carbocycles. The number of hydrogen-bond acceptors (Lipinski definition) is 6. The third kappa shape index (κ3) is 4.14. The van der Waals surface area contributed by atoms with Crippen LogP contribution in [-0.4, -0.2) is 37.6 Å². The third-order valence-corrected chi connectivity index (χ3v) is 3.40. The van der Waals surface area contributed by atoms with Gasteiger partial charge in [-0.3, -0.25) is 4.57 Å². The fourth-order valence-electron chi connectivity index (χ4n) is 1.99. The molecule has 7 nitrogen and oxygen atoms in total. The van der Waals surface area contributed by atoms with Crippen LogP contribution < -0.4 is 10.6 Å². The van der Waals surface area contributed by atoms with Crippen LogP contribution in [0, 0.1) is 5.92 Å². The number of rotatable bonds is 8. The van der Waals surface area contributed by atoms with Gasteiger partial charge in [-0.05, 0) is 12.8 Å². The molecule has 0 spiro atoms. The third-order valence-electron chi connectivity index (χ3n) is 3.40. The number of nitrogens with zero attached hydrogens (tertiary/aromatic N) is 5. The average Bonchev–Trinajstić information content (AvgIpc) is 3.03. The van der Waals surface area contributed by atoms with E-state index in [1.807, 2.05) is 13.1 Å². The molecule has 0 atom stereocenters. The van der Waals surface area contributed by atoms with E-state index < -0.39 is 0 Å². The van der Waals surface area contributed by atoms with E-state index in [1.165, 1.54) is 0 Å². The summed E-state index contributed by atoms with van der Waals surface area (Å²) >= 11 is 0. The molecule has 2 N–H and O–H groups in total. The van der Waals surface area contributed by atoms with Gasteiger partial charge in [0.2, 0.25) is 17.8 Å². The van der Waals surface area contributed by atoms with Crippen molar-refractivity contribution in [1.82, 2.24) is 24.5 Å². The van der Waals surface area contributed by atoms with Crippen LogP contribution in [0.4, 0.5) is 11.9 Å². The van der Waals surface area contributed by atoms with Gasteiger partial charge in [0.05, 0.1) is 0 Å². The molecule has 2 aromatic heterocycles. The summed E-state index contributed by atoms with van der Waals surface area (Å²) in [6, 6.07) is 0. The highest BCUT2D eigenvalue weighted by atomic mass is 15.3.